The fourth-order valence-corrected chi connectivity index (χ4v) is 1.97. The fourth-order valence-electron chi connectivity index (χ4n) is 1.97. The van der Waals surface area contributed by atoms with E-state index in [9.17, 15) is 24.9 Å². The van der Waals surface area contributed by atoms with Crippen LogP contribution < -0.4 is 0 Å². The summed E-state index contributed by atoms with van der Waals surface area (Å²) in [6.45, 7) is 1.20. The Hall–Kier alpha value is -1.30. The summed E-state index contributed by atoms with van der Waals surface area (Å²) < 4.78 is 20.0. The number of hydrogen-bond acceptors (Lipinski definition) is 10. The molecule has 23 heavy (non-hydrogen) atoms. The van der Waals surface area contributed by atoms with Crippen molar-refractivity contribution in [2.75, 3.05) is 19.8 Å². The molecule has 1 aliphatic heterocycles. The van der Waals surface area contributed by atoms with Gasteiger partial charge in [0.2, 0.25) is 0 Å². The number of aliphatic hydroxyl groups excluding tert-OH is 4. The van der Waals surface area contributed by atoms with Gasteiger partial charge in [-0.1, -0.05) is 0 Å². The van der Waals surface area contributed by atoms with Crippen molar-refractivity contribution < 1.29 is 49.0 Å². The molecule has 4 N–H and O–H groups in total. The average Bonchev–Trinajstić information content (AvgIpc) is 2.48. The zero-order chi connectivity index (χ0) is 17.6. The summed E-state index contributed by atoms with van der Waals surface area (Å²) in [5.41, 5.74) is 0. The van der Waals surface area contributed by atoms with E-state index in [1.807, 2.05) is 0 Å². The number of rotatable bonds is 7. The van der Waals surface area contributed by atoms with Crippen molar-refractivity contribution in [3.63, 3.8) is 0 Å². The van der Waals surface area contributed by atoms with Crippen molar-refractivity contribution in [3.8, 4) is 0 Å². The van der Waals surface area contributed by atoms with Gasteiger partial charge in [-0.15, -0.1) is 0 Å². The van der Waals surface area contributed by atoms with Crippen LogP contribution in [0.5, 0.6) is 0 Å². The maximum atomic E-state index is 11.0. The SMILES string of the molecule is CC(=O)OC[C@H](CO[C@H]1O[C@H](CO)[C@@H](O)[C@H](O)[C@H]1O)OC(C)=O. The van der Waals surface area contributed by atoms with E-state index in [-0.39, 0.29) is 13.2 Å². The molecule has 1 rings (SSSR count). The van der Waals surface area contributed by atoms with Crippen LogP contribution in [0.3, 0.4) is 0 Å². The monoisotopic (exact) mass is 338 g/mol. The van der Waals surface area contributed by atoms with Crippen molar-refractivity contribution >= 4 is 11.9 Å². The topological polar surface area (TPSA) is 152 Å². The predicted octanol–water partition coefficient (Wildman–Crippen LogP) is -2.70. The van der Waals surface area contributed by atoms with E-state index in [2.05, 4.69) is 0 Å². The van der Waals surface area contributed by atoms with Crippen molar-refractivity contribution in [1.82, 2.24) is 0 Å². The molecule has 10 nitrogen and oxygen atoms in total. The van der Waals surface area contributed by atoms with Crippen LogP contribution in [-0.4, -0.2) is 89.0 Å². The predicted molar refractivity (Wildman–Crippen MR) is 71.9 cm³/mol. The minimum Gasteiger partial charge on any atom is -0.462 e. The lowest BCUT2D eigenvalue weighted by molar-refractivity contribution is -0.305. The summed E-state index contributed by atoms with van der Waals surface area (Å²) in [7, 11) is 0. The second-order valence-corrected chi connectivity index (χ2v) is 5.06. The zero-order valence-corrected chi connectivity index (χ0v) is 12.8. The van der Waals surface area contributed by atoms with Gasteiger partial charge in [0.05, 0.1) is 13.2 Å². The summed E-state index contributed by atoms with van der Waals surface area (Å²) >= 11 is 0. The van der Waals surface area contributed by atoms with Crippen molar-refractivity contribution in [3.05, 3.63) is 0 Å². The Morgan fingerprint density at radius 3 is 2.22 bits per heavy atom. The third-order valence-electron chi connectivity index (χ3n) is 3.10. The van der Waals surface area contributed by atoms with E-state index in [1.165, 1.54) is 6.92 Å². The van der Waals surface area contributed by atoms with Crippen LogP contribution in [0.2, 0.25) is 0 Å². The van der Waals surface area contributed by atoms with Gasteiger partial charge in [0.25, 0.3) is 0 Å². The van der Waals surface area contributed by atoms with E-state index in [0.717, 1.165) is 6.92 Å². The second-order valence-electron chi connectivity index (χ2n) is 5.06. The molecule has 1 fully saturated rings. The molecule has 0 amide bonds. The molecule has 0 aliphatic carbocycles. The summed E-state index contributed by atoms with van der Waals surface area (Å²) in [5, 5.41) is 38.1. The molecular formula is C13H22O10. The maximum Gasteiger partial charge on any atom is 0.303 e. The van der Waals surface area contributed by atoms with Crippen LogP contribution in [0.4, 0.5) is 0 Å². The highest BCUT2D eigenvalue weighted by Crippen LogP contribution is 2.22. The number of carbonyl (C=O) groups excluding carboxylic acids is 2. The molecule has 6 atom stereocenters. The second kappa shape index (κ2) is 9.11. The molecular weight excluding hydrogens is 316 g/mol. The van der Waals surface area contributed by atoms with E-state index < -0.39 is 55.4 Å². The lowest BCUT2D eigenvalue weighted by Crippen LogP contribution is -2.59. The van der Waals surface area contributed by atoms with Gasteiger partial charge in [0, 0.05) is 13.8 Å². The smallest absolute Gasteiger partial charge is 0.303 e. The molecule has 10 heteroatoms. The normalized spacial score (nSPS) is 32.2. The van der Waals surface area contributed by atoms with E-state index in [0.29, 0.717) is 0 Å². The first-order valence-electron chi connectivity index (χ1n) is 6.99. The van der Waals surface area contributed by atoms with Crippen LogP contribution in [0.25, 0.3) is 0 Å². The molecule has 1 aliphatic rings. The standard InChI is InChI=1S/C13H22O10/c1-6(15)20-4-8(22-7(2)16)5-21-13-12(19)11(18)10(17)9(3-14)23-13/h8-14,17-19H,3-5H2,1-2H3/t8-,9-,10-,11+,12-,13+/m1/s1. The van der Waals surface area contributed by atoms with Crippen molar-refractivity contribution in [2.24, 2.45) is 0 Å². The van der Waals surface area contributed by atoms with E-state index in [4.69, 9.17) is 24.1 Å². The van der Waals surface area contributed by atoms with Gasteiger partial charge in [-0.3, -0.25) is 9.59 Å². The Labute approximate surface area is 132 Å². The third kappa shape index (κ3) is 6.01. The quantitative estimate of drug-likeness (QED) is 0.361. The van der Waals surface area contributed by atoms with Gasteiger partial charge >= 0.3 is 11.9 Å². The highest BCUT2D eigenvalue weighted by Gasteiger charge is 2.44. The van der Waals surface area contributed by atoms with Crippen molar-refractivity contribution in [2.45, 2.75) is 50.7 Å². The number of hydrogen-bond donors (Lipinski definition) is 4. The average molecular weight is 338 g/mol. The Bertz CT molecular complexity index is 398. The van der Waals surface area contributed by atoms with Crippen LogP contribution >= 0.6 is 0 Å². The first-order chi connectivity index (χ1) is 10.8. The molecule has 0 radical (unpaired) electrons. The molecule has 0 aromatic carbocycles. The number of carbonyl (C=O) groups is 2. The van der Waals surface area contributed by atoms with Gasteiger partial charge in [-0.2, -0.15) is 0 Å². The van der Waals surface area contributed by atoms with Crippen LogP contribution in [0.15, 0.2) is 0 Å². The molecule has 0 aromatic rings. The summed E-state index contributed by atoms with van der Waals surface area (Å²) in [5.74, 6) is -1.20. The lowest BCUT2D eigenvalue weighted by atomic mass is 9.99. The van der Waals surface area contributed by atoms with E-state index >= 15 is 0 Å². The van der Waals surface area contributed by atoms with E-state index in [1.54, 1.807) is 0 Å². The molecule has 134 valence electrons. The number of ether oxygens (including phenoxy) is 4. The van der Waals surface area contributed by atoms with Crippen LogP contribution in [0, 0.1) is 0 Å². The largest absolute Gasteiger partial charge is 0.462 e. The van der Waals surface area contributed by atoms with Gasteiger partial charge in [0.1, 0.15) is 31.0 Å². The Kier molecular flexibility index (Phi) is 7.82. The van der Waals surface area contributed by atoms with Crippen LogP contribution in [-0.2, 0) is 28.5 Å². The Morgan fingerprint density at radius 1 is 1.04 bits per heavy atom. The first-order valence-corrected chi connectivity index (χ1v) is 6.99. The third-order valence-corrected chi connectivity index (χ3v) is 3.10. The molecule has 0 spiro atoms. The zero-order valence-electron chi connectivity index (χ0n) is 12.8. The minimum absolute atomic E-state index is 0.258. The Balaban J connectivity index is 2.60. The summed E-state index contributed by atoms with van der Waals surface area (Å²) in [4.78, 5) is 21.8. The van der Waals surface area contributed by atoms with Gasteiger partial charge in [-0.05, 0) is 0 Å². The minimum atomic E-state index is -1.58. The summed E-state index contributed by atoms with van der Waals surface area (Å²) in [6, 6.07) is 0. The molecule has 1 heterocycles. The maximum absolute atomic E-state index is 11.0. The lowest BCUT2D eigenvalue weighted by Gasteiger charge is -2.39. The van der Waals surface area contributed by atoms with Crippen molar-refractivity contribution in [1.29, 1.82) is 0 Å². The fraction of sp³-hybridized carbons (Fsp3) is 0.846. The Morgan fingerprint density at radius 2 is 1.70 bits per heavy atom. The highest BCUT2D eigenvalue weighted by atomic mass is 16.7. The first kappa shape index (κ1) is 19.7. The van der Waals surface area contributed by atoms with Gasteiger partial charge in [0.15, 0.2) is 12.4 Å². The summed E-state index contributed by atoms with van der Waals surface area (Å²) in [6.07, 6.45) is -8.06. The molecule has 0 aromatic heterocycles. The van der Waals surface area contributed by atoms with Gasteiger partial charge < -0.3 is 39.4 Å². The molecule has 0 saturated carbocycles. The van der Waals surface area contributed by atoms with Gasteiger partial charge in [-0.25, -0.2) is 0 Å². The number of aliphatic hydroxyl groups is 4. The molecule has 0 unspecified atom stereocenters. The van der Waals surface area contributed by atoms with Crippen LogP contribution in [0.1, 0.15) is 13.8 Å². The highest BCUT2D eigenvalue weighted by molar-refractivity contribution is 5.67. The molecule has 0 bridgehead atoms. The molecule has 1 saturated heterocycles. The number of esters is 2.